The van der Waals surface area contributed by atoms with Gasteiger partial charge in [-0.3, -0.25) is 14.6 Å². The summed E-state index contributed by atoms with van der Waals surface area (Å²) in [5.41, 5.74) is 1.43. The minimum Gasteiger partial charge on any atom is -0.336 e. The Balaban J connectivity index is 1.92. The Morgan fingerprint density at radius 3 is 2.67 bits per heavy atom. The second-order valence-corrected chi connectivity index (χ2v) is 5.34. The van der Waals surface area contributed by atoms with Crippen molar-refractivity contribution in [1.29, 1.82) is 0 Å². The molecule has 1 atom stereocenters. The van der Waals surface area contributed by atoms with Crippen molar-refractivity contribution in [2.75, 3.05) is 6.54 Å². The van der Waals surface area contributed by atoms with Gasteiger partial charge in [0.1, 0.15) is 5.56 Å². The van der Waals surface area contributed by atoms with E-state index in [9.17, 15) is 9.59 Å². The van der Waals surface area contributed by atoms with Crippen LogP contribution in [0, 0.1) is 0 Å². The number of aromatic amines is 1. The Kier molecular flexibility index (Phi) is 3.56. The first kappa shape index (κ1) is 13.5. The largest absolute Gasteiger partial charge is 0.336 e. The Morgan fingerprint density at radius 2 is 2.05 bits per heavy atom. The number of hydrogen-bond donors (Lipinski definition) is 1. The molecular weight excluding hydrogens is 266 g/mol. The molecule has 5 heteroatoms. The van der Waals surface area contributed by atoms with Crippen LogP contribution in [0.25, 0.3) is 11.3 Å². The van der Waals surface area contributed by atoms with Gasteiger partial charge in [0.05, 0.1) is 0 Å². The molecule has 1 fully saturated rings. The first-order chi connectivity index (χ1) is 10.2. The van der Waals surface area contributed by atoms with Gasteiger partial charge in [0, 0.05) is 36.2 Å². The summed E-state index contributed by atoms with van der Waals surface area (Å²) < 4.78 is 0. The van der Waals surface area contributed by atoms with Gasteiger partial charge in [0.25, 0.3) is 11.5 Å². The SMILES string of the molecule is C[C@@H]1CCCN1C(=O)c1ccc(-c2ccncc2)[nH]c1=O. The maximum absolute atomic E-state index is 12.4. The van der Waals surface area contributed by atoms with E-state index in [2.05, 4.69) is 9.97 Å². The summed E-state index contributed by atoms with van der Waals surface area (Å²) in [5.74, 6) is -0.178. The van der Waals surface area contributed by atoms with Crippen molar-refractivity contribution in [3.63, 3.8) is 0 Å². The van der Waals surface area contributed by atoms with Crippen LogP contribution in [0.3, 0.4) is 0 Å². The summed E-state index contributed by atoms with van der Waals surface area (Å²) in [4.78, 5) is 33.1. The summed E-state index contributed by atoms with van der Waals surface area (Å²) >= 11 is 0. The van der Waals surface area contributed by atoms with Gasteiger partial charge in [-0.15, -0.1) is 0 Å². The normalized spacial score (nSPS) is 18.0. The van der Waals surface area contributed by atoms with Crippen LogP contribution in [-0.2, 0) is 0 Å². The van der Waals surface area contributed by atoms with Gasteiger partial charge in [0.2, 0.25) is 0 Å². The molecule has 2 aromatic heterocycles. The molecule has 1 N–H and O–H groups in total. The summed E-state index contributed by atoms with van der Waals surface area (Å²) in [5, 5.41) is 0. The van der Waals surface area contributed by atoms with Crippen LogP contribution in [0.15, 0.2) is 41.5 Å². The fraction of sp³-hybridized carbons (Fsp3) is 0.312. The van der Waals surface area contributed by atoms with E-state index >= 15 is 0 Å². The first-order valence-electron chi connectivity index (χ1n) is 7.11. The third kappa shape index (κ3) is 2.59. The number of nitrogens with one attached hydrogen (secondary N) is 1. The number of hydrogen-bond acceptors (Lipinski definition) is 3. The van der Waals surface area contributed by atoms with Crippen molar-refractivity contribution in [3.05, 3.63) is 52.6 Å². The lowest BCUT2D eigenvalue weighted by Gasteiger charge is -2.21. The number of H-pyrrole nitrogens is 1. The lowest BCUT2D eigenvalue weighted by atomic mass is 10.1. The van der Waals surface area contributed by atoms with E-state index in [1.807, 2.05) is 19.1 Å². The highest BCUT2D eigenvalue weighted by atomic mass is 16.2. The maximum atomic E-state index is 12.4. The Hall–Kier alpha value is -2.43. The minimum atomic E-state index is -0.339. The van der Waals surface area contributed by atoms with Crippen molar-refractivity contribution >= 4 is 5.91 Å². The van der Waals surface area contributed by atoms with Crippen LogP contribution < -0.4 is 5.56 Å². The van der Waals surface area contributed by atoms with Crippen LogP contribution in [0.5, 0.6) is 0 Å². The van der Waals surface area contributed by atoms with E-state index in [4.69, 9.17) is 0 Å². The number of amides is 1. The van der Waals surface area contributed by atoms with E-state index in [-0.39, 0.29) is 23.1 Å². The number of pyridine rings is 2. The molecular formula is C16H17N3O2. The van der Waals surface area contributed by atoms with Crippen molar-refractivity contribution in [1.82, 2.24) is 14.9 Å². The Morgan fingerprint density at radius 1 is 1.29 bits per heavy atom. The predicted octanol–water partition coefficient (Wildman–Crippen LogP) is 2.06. The van der Waals surface area contributed by atoms with Crippen LogP contribution in [0.1, 0.15) is 30.1 Å². The van der Waals surface area contributed by atoms with Crippen molar-refractivity contribution in [2.24, 2.45) is 0 Å². The zero-order chi connectivity index (χ0) is 14.8. The first-order valence-corrected chi connectivity index (χ1v) is 7.11. The zero-order valence-electron chi connectivity index (χ0n) is 11.9. The van der Waals surface area contributed by atoms with E-state index in [1.54, 1.807) is 29.4 Å². The molecule has 1 aliphatic heterocycles. The summed E-state index contributed by atoms with van der Waals surface area (Å²) in [6.07, 6.45) is 5.33. The van der Waals surface area contributed by atoms with Crippen molar-refractivity contribution in [2.45, 2.75) is 25.8 Å². The number of carbonyl (C=O) groups is 1. The van der Waals surface area contributed by atoms with E-state index < -0.39 is 0 Å². The van der Waals surface area contributed by atoms with Crippen molar-refractivity contribution in [3.8, 4) is 11.3 Å². The summed E-state index contributed by atoms with van der Waals surface area (Å²) in [6.45, 7) is 2.75. The zero-order valence-corrected chi connectivity index (χ0v) is 11.9. The molecule has 0 radical (unpaired) electrons. The molecule has 3 heterocycles. The molecule has 0 unspecified atom stereocenters. The van der Waals surface area contributed by atoms with Crippen molar-refractivity contribution < 1.29 is 4.79 Å². The third-order valence-electron chi connectivity index (χ3n) is 3.95. The molecule has 108 valence electrons. The molecule has 5 nitrogen and oxygen atoms in total. The topological polar surface area (TPSA) is 66.1 Å². The van der Waals surface area contributed by atoms with Gasteiger partial charge >= 0.3 is 0 Å². The van der Waals surface area contributed by atoms with E-state index in [0.717, 1.165) is 24.9 Å². The highest BCUT2D eigenvalue weighted by Crippen LogP contribution is 2.19. The number of aromatic nitrogens is 2. The number of nitrogens with zero attached hydrogens (tertiary/aromatic N) is 2. The Labute approximate surface area is 122 Å². The highest BCUT2D eigenvalue weighted by Gasteiger charge is 2.27. The molecule has 0 aromatic carbocycles. The van der Waals surface area contributed by atoms with E-state index in [1.165, 1.54) is 0 Å². The third-order valence-corrected chi connectivity index (χ3v) is 3.95. The average molecular weight is 283 g/mol. The van der Waals surface area contributed by atoms with Crippen LogP contribution >= 0.6 is 0 Å². The number of carbonyl (C=O) groups excluding carboxylic acids is 1. The van der Waals surface area contributed by atoms with Crippen LogP contribution in [0.2, 0.25) is 0 Å². The van der Waals surface area contributed by atoms with Gasteiger partial charge < -0.3 is 9.88 Å². The molecule has 0 spiro atoms. The summed E-state index contributed by atoms with van der Waals surface area (Å²) in [6, 6.07) is 7.22. The smallest absolute Gasteiger partial charge is 0.261 e. The molecule has 1 amide bonds. The summed E-state index contributed by atoms with van der Waals surface area (Å²) in [7, 11) is 0. The van der Waals surface area contributed by atoms with Gasteiger partial charge in [-0.05, 0) is 44.0 Å². The molecule has 21 heavy (non-hydrogen) atoms. The molecule has 1 saturated heterocycles. The monoisotopic (exact) mass is 283 g/mol. The van der Waals surface area contributed by atoms with Crippen LogP contribution in [0.4, 0.5) is 0 Å². The average Bonchev–Trinajstić information content (AvgIpc) is 2.93. The van der Waals surface area contributed by atoms with Gasteiger partial charge in [-0.25, -0.2) is 0 Å². The Bertz CT molecular complexity index is 709. The fourth-order valence-electron chi connectivity index (χ4n) is 2.73. The van der Waals surface area contributed by atoms with Crippen LogP contribution in [-0.4, -0.2) is 33.4 Å². The maximum Gasteiger partial charge on any atom is 0.261 e. The fourth-order valence-corrected chi connectivity index (χ4v) is 2.73. The molecule has 2 aromatic rings. The predicted molar refractivity (Wildman–Crippen MR) is 80.0 cm³/mol. The minimum absolute atomic E-state index is 0.178. The quantitative estimate of drug-likeness (QED) is 0.917. The molecule has 0 saturated carbocycles. The molecule has 0 bridgehead atoms. The second-order valence-electron chi connectivity index (χ2n) is 5.34. The van der Waals surface area contributed by atoms with Gasteiger partial charge in [-0.2, -0.15) is 0 Å². The molecule has 0 aliphatic carbocycles. The molecule has 3 rings (SSSR count). The molecule has 1 aliphatic rings. The second kappa shape index (κ2) is 5.52. The standard InChI is InChI=1S/C16H17N3O2/c1-11-3-2-10-19(11)16(21)13-4-5-14(18-15(13)20)12-6-8-17-9-7-12/h4-9,11H,2-3,10H2,1H3,(H,18,20)/t11-/m1/s1. The van der Waals surface area contributed by atoms with Gasteiger partial charge in [-0.1, -0.05) is 0 Å². The lowest BCUT2D eigenvalue weighted by Crippen LogP contribution is -2.36. The number of likely N-dealkylation sites (tertiary alicyclic amines) is 1. The van der Waals surface area contributed by atoms with Gasteiger partial charge in [0.15, 0.2) is 0 Å². The lowest BCUT2D eigenvalue weighted by molar-refractivity contribution is 0.0745. The highest BCUT2D eigenvalue weighted by molar-refractivity contribution is 5.94. The van der Waals surface area contributed by atoms with E-state index in [0.29, 0.717) is 5.69 Å². The number of rotatable bonds is 2.